The number of carbonyl (C=O) groups is 1. The summed E-state index contributed by atoms with van der Waals surface area (Å²) in [5.74, 6) is -0.956. The number of pyridine rings is 1. The summed E-state index contributed by atoms with van der Waals surface area (Å²) >= 11 is 1.66. The number of aryl methyl sites for hydroxylation is 6. The van der Waals surface area contributed by atoms with Gasteiger partial charge in [-0.1, -0.05) is 18.2 Å². The molecule has 0 fully saturated rings. The van der Waals surface area contributed by atoms with Crippen LogP contribution in [0.2, 0.25) is 0 Å². The maximum absolute atomic E-state index is 11.7. The standard InChI is InChI=1S/C29H32N4O2S/c1-19-14-20(2)33(32-19)26-8-5-7-22(16-26)23(17-29(34)35)15-25-18-36-28(31-25)13-12-24-11-10-21-6-3-4-9-27(21)30-24/h5,7-8,10-11,14,16,18,23H,3-4,6,9,12-13,15,17H2,1-2H3,(H,34,35). The topological polar surface area (TPSA) is 80.9 Å². The molecule has 6 nitrogen and oxygen atoms in total. The highest BCUT2D eigenvalue weighted by Gasteiger charge is 2.19. The molecule has 0 amide bonds. The minimum atomic E-state index is -0.801. The molecule has 1 aliphatic rings. The van der Waals surface area contributed by atoms with Gasteiger partial charge in [-0.2, -0.15) is 5.10 Å². The molecule has 5 rings (SSSR count). The molecule has 186 valence electrons. The maximum atomic E-state index is 11.7. The van der Waals surface area contributed by atoms with Gasteiger partial charge in [0.1, 0.15) is 0 Å². The molecule has 1 atom stereocenters. The number of aromatic nitrogens is 4. The van der Waals surface area contributed by atoms with Gasteiger partial charge in [-0.05, 0) is 93.7 Å². The zero-order chi connectivity index (χ0) is 25.1. The summed E-state index contributed by atoms with van der Waals surface area (Å²) in [7, 11) is 0. The molecule has 0 aliphatic heterocycles. The van der Waals surface area contributed by atoms with Gasteiger partial charge in [0, 0.05) is 28.9 Å². The Morgan fingerprint density at radius 3 is 2.72 bits per heavy atom. The van der Waals surface area contributed by atoms with Gasteiger partial charge in [0.05, 0.1) is 28.5 Å². The predicted molar refractivity (Wildman–Crippen MR) is 142 cm³/mol. The molecule has 4 aromatic rings. The van der Waals surface area contributed by atoms with E-state index in [9.17, 15) is 9.90 Å². The van der Waals surface area contributed by atoms with Crippen molar-refractivity contribution in [1.29, 1.82) is 0 Å². The smallest absolute Gasteiger partial charge is 0.303 e. The summed E-state index contributed by atoms with van der Waals surface area (Å²) in [6.45, 7) is 4.00. The van der Waals surface area contributed by atoms with Crippen LogP contribution in [0.3, 0.4) is 0 Å². The van der Waals surface area contributed by atoms with Crippen LogP contribution in [0.4, 0.5) is 0 Å². The van der Waals surface area contributed by atoms with Crippen LogP contribution in [-0.2, 0) is 36.9 Å². The average Bonchev–Trinajstić information content (AvgIpc) is 3.47. The summed E-state index contributed by atoms with van der Waals surface area (Å²) in [4.78, 5) is 21.5. The largest absolute Gasteiger partial charge is 0.481 e. The predicted octanol–water partition coefficient (Wildman–Crippen LogP) is 5.81. The van der Waals surface area contributed by atoms with E-state index in [0.29, 0.717) is 6.42 Å². The van der Waals surface area contributed by atoms with Gasteiger partial charge in [0.2, 0.25) is 0 Å². The molecule has 1 aromatic carbocycles. The Balaban J connectivity index is 1.29. The number of thiazole rings is 1. The fraction of sp³-hybridized carbons (Fsp3) is 0.379. The van der Waals surface area contributed by atoms with E-state index < -0.39 is 5.97 Å². The molecule has 36 heavy (non-hydrogen) atoms. The number of rotatable bonds is 9. The molecule has 0 bridgehead atoms. The van der Waals surface area contributed by atoms with Gasteiger partial charge in [-0.15, -0.1) is 11.3 Å². The number of carboxylic acids is 1. The zero-order valence-corrected chi connectivity index (χ0v) is 21.7. The first kappa shape index (κ1) is 24.4. The molecule has 1 unspecified atom stereocenters. The van der Waals surface area contributed by atoms with E-state index in [-0.39, 0.29) is 12.3 Å². The SMILES string of the molecule is Cc1cc(C)n(-c2cccc(C(CC(=O)O)Cc3csc(CCc4ccc5c(n4)CCCC5)n3)c2)n1. The third-order valence-electron chi connectivity index (χ3n) is 6.90. The first-order valence-corrected chi connectivity index (χ1v) is 13.6. The van der Waals surface area contributed by atoms with Gasteiger partial charge in [-0.3, -0.25) is 9.78 Å². The van der Waals surface area contributed by atoms with E-state index >= 15 is 0 Å². The molecule has 7 heteroatoms. The molecule has 0 saturated carbocycles. The number of benzene rings is 1. The fourth-order valence-electron chi connectivity index (χ4n) is 5.13. The van der Waals surface area contributed by atoms with E-state index in [0.717, 1.165) is 64.7 Å². The van der Waals surface area contributed by atoms with Crippen LogP contribution in [0.25, 0.3) is 5.69 Å². The van der Waals surface area contributed by atoms with Crippen molar-refractivity contribution < 1.29 is 9.90 Å². The Morgan fingerprint density at radius 2 is 1.92 bits per heavy atom. The molecular formula is C29H32N4O2S. The van der Waals surface area contributed by atoms with E-state index in [2.05, 4.69) is 28.7 Å². The second-order valence-electron chi connectivity index (χ2n) is 9.78. The molecular weight excluding hydrogens is 468 g/mol. The lowest BCUT2D eigenvalue weighted by atomic mass is 9.91. The number of aliphatic carboxylic acids is 1. The van der Waals surface area contributed by atoms with Crippen molar-refractivity contribution in [3.8, 4) is 5.69 Å². The lowest BCUT2D eigenvalue weighted by molar-refractivity contribution is -0.137. The Labute approximate surface area is 216 Å². The molecule has 3 heterocycles. The second kappa shape index (κ2) is 10.7. The minimum absolute atomic E-state index is 0.0620. The summed E-state index contributed by atoms with van der Waals surface area (Å²) < 4.78 is 1.91. The van der Waals surface area contributed by atoms with Crippen LogP contribution in [0.1, 0.15) is 69.8 Å². The third-order valence-corrected chi connectivity index (χ3v) is 7.86. The quantitative estimate of drug-likeness (QED) is 0.314. The van der Waals surface area contributed by atoms with Crippen molar-refractivity contribution >= 4 is 17.3 Å². The summed E-state index contributed by atoms with van der Waals surface area (Å²) in [5, 5.41) is 17.4. The van der Waals surface area contributed by atoms with Crippen LogP contribution in [0, 0.1) is 13.8 Å². The maximum Gasteiger partial charge on any atom is 0.303 e. The lowest BCUT2D eigenvalue weighted by Crippen LogP contribution is -2.11. The van der Waals surface area contributed by atoms with Crippen LogP contribution in [0.15, 0.2) is 47.8 Å². The summed E-state index contributed by atoms with van der Waals surface area (Å²) in [6, 6.07) is 14.5. The number of hydrogen-bond donors (Lipinski definition) is 1. The van der Waals surface area contributed by atoms with Crippen molar-refractivity contribution in [2.45, 2.75) is 71.1 Å². The normalized spacial score (nSPS) is 13.9. The van der Waals surface area contributed by atoms with Gasteiger partial charge in [-0.25, -0.2) is 9.67 Å². The van der Waals surface area contributed by atoms with E-state index in [1.165, 1.54) is 24.1 Å². The molecule has 0 radical (unpaired) electrons. The van der Waals surface area contributed by atoms with Crippen LogP contribution in [-0.4, -0.2) is 30.8 Å². The summed E-state index contributed by atoms with van der Waals surface area (Å²) in [5.41, 5.74) is 8.73. The van der Waals surface area contributed by atoms with Gasteiger partial charge in [0.15, 0.2) is 0 Å². The molecule has 3 aromatic heterocycles. The number of carboxylic acid groups (broad SMARTS) is 1. The number of hydrogen-bond acceptors (Lipinski definition) is 5. The first-order chi connectivity index (χ1) is 17.4. The second-order valence-corrected chi connectivity index (χ2v) is 10.7. The van der Waals surface area contributed by atoms with Crippen LogP contribution >= 0.6 is 11.3 Å². The number of fused-ring (bicyclic) bond motifs is 1. The van der Waals surface area contributed by atoms with Crippen molar-refractivity contribution in [2.24, 2.45) is 0 Å². The van der Waals surface area contributed by atoms with Gasteiger partial charge < -0.3 is 5.11 Å². The highest BCUT2D eigenvalue weighted by Crippen LogP contribution is 2.28. The first-order valence-electron chi connectivity index (χ1n) is 12.7. The minimum Gasteiger partial charge on any atom is -0.481 e. The van der Waals surface area contributed by atoms with Crippen molar-refractivity contribution in [2.75, 3.05) is 0 Å². The van der Waals surface area contributed by atoms with Crippen LogP contribution < -0.4 is 0 Å². The highest BCUT2D eigenvalue weighted by molar-refractivity contribution is 7.09. The van der Waals surface area contributed by atoms with E-state index in [4.69, 9.17) is 9.97 Å². The van der Waals surface area contributed by atoms with Gasteiger partial charge in [0.25, 0.3) is 0 Å². The Morgan fingerprint density at radius 1 is 1.06 bits per heavy atom. The van der Waals surface area contributed by atoms with Crippen molar-refractivity contribution in [3.63, 3.8) is 0 Å². The monoisotopic (exact) mass is 500 g/mol. The Bertz CT molecular complexity index is 1370. The molecule has 1 N–H and O–H groups in total. The van der Waals surface area contributed by atoms with Crippen LogP contribution in [0.5, 0.6) is 0 Å². The van der Waals surface area contributed by atoms with E-state index in [1.807, 2.05) is 42.8 Å². The molecule has 0 saturated heterocycles. The molecule has 1 aliphatic carbocycles. The van der Waals surface area contributed by atoms with Gasteiger partial charge >= 0.3 is 5.97 Å². The number of nitrogens with zero attached hydrogens (tertiary/aromatic N) is 4. The Hall–Kier alpha value is -3.32. The lowest BCUT2D eigenvalue weighted by Gasteiger charge is -2.16. The average molecular weight is 501 g/mol. The highest BCUT2D eigenvalue weighted by atomic mass is 32.1. The third kappa shape index (κ3) is 5.73. The Kier molecular flexibility index (Phi) is 7.28. The fourth-order valence-corrected chi connectivity index (χ4v) is 5.94. The summed E-state index contributed by atoms with van der Waals surface area (Å²) in [6.07, 6.45) is 7.15. The zero-order valence-electron chi connectivity index (χ0n) is 20.9. The van der Waals surface area contributed by atoms with Crippen molar-refractivity contribution in [3.05, 3.63) is 92.4 Å². The van der Waals surface area contributed by atoms with Crippen molar-refractivity contribution in [1.82, 2.24) is 19.7 Å². The van der Waals surface area contributed by atoms with E-state index in [1.54, 1.807) is 11.3 Å². The molecule has 0 spiro atoms.